The van der Waals surface area contributed by atoms with E-state index in [1.807, 2.05) is 24.4 Å². The average molecular weight is 179 g/mol. The van der Waals surface area contributed by atoms with Crippen LogP contribution in [0.1, 0.15) is 5.69 Å². The van der Waals surface area contributed by atoms with Gasteiger partial charge in [0.2, 0.25) is 0 Å². The van der Waals surface area contributed by atoms with Crippen molar-refractivity contribution in [1.82, 2.24) is 15.2 Å². The van der Waals surface area contributed by atoms with Gasteiger partial charge in [-0.15, -0.1) is 0 Å². The first-order chi connectivity index (χ1) is 6.29. The molecule has 1 aromatic heterocycles. The number of pyridine rings is 1. The van der Waals surface area contributed by atoms with Crippen LogP contribution in [0.5, 0.6) is 0 Å². The van der Waals surface area contributed by atoms with Gasteiger partial charge in [-0.25, -0.2) is 0 Å². The molecule has 0 aliphatic carbocycles. The maximum Gasteiger partial charge on any atom is 0.0541 e. The summed E-state index contributed by atoms with van der Waals surface area (Å²) in [6.07, 6.45) is 1.82. The number of likely N-dealkylation sites (N-methyl/N-ethyl adjacent to an activating group) is 1. The predicted molar refractivity (Wildman–Crippen MR) is 54.5 cm³/mol. The molecule has 1 heterocycles. The van der Waals surface area contributed by atoms with Crippen molar-refractivity contribution in [3.8, 4) is 0 Å². The fourth-order valence-electron chi connectivity index (χ4n) is 1.02. The Hall–Kier alpha value is -0.930. The molecule has 72 valence electrons. The van der Waals surface area contributed by atoms with Gasteiger partial charge in [-0.3, -0.25) is 4.98 Å². The minimum Gasteiger partial charge on any atom is -0.310 e. The molecule has 0 atom stereocenters. The van der Waals surface area contributed by atoms with E-state index in [2.05, 4.69) is 29.3 Å². The van der Waals surface area contributed by atoms with E-state index in [-0.39, 0.29) is 0 Å². The maximum atomic E-state index is 4.22. The van der Waals surface area contributed by atoms with Gasteiger partial charge in [0.15, 0.2) is 0 Å². The van der Waals surface area contributed by atoms with Crippen LogP contribution >= 0.6 is 0 Å². The van der Waals surface area contributed by atoms with Crippen LogP contribution in [0.15, 0.2) is 24.4 Å². The number of aromatic nitrogens is 1. The Morgan fingerprint density at radius 2 is 2.23 bits per heavy atom. The largest absolute Gasteiger partial charge is 0.310 e. The minimum absolute atomic E-state index is 0.856. The molecular weight excluding hydrogens is 162 g/mol. The molecule has 0 fully saturated rings. The molecule has 0 saturated carbocycles. The molecule has 0 amide bonds. The third-order valence-corrected chi connectivity index (χ3v) is 1.77. The van der Waals surface area contributed by atoms with E-state index >= 15 is 0 Å². The Labute approximate surface area is 79.8 Å². The molecule has 0 spiro atoms. The Kier molecular flexibility index (Phi) is 4.43. The van der Waals surface area contributed by atoms with Gasteiger partial charge in [0, 0.05) is 25.8 Å². The zero-order chi connectivity index (χ0) is 9.52. The first-order valence-electron chi connectivity index (χ1n) is 4.54. The van der Waals surface area contributed by atoms with Gasteiger partial charge >= 0.3 is 0 Å². The summed E-state index contributed by atoms with van der Waals surface area (Å²) in [5.41, 5.74) is 1.10. The molecule has 3 heteroatoms. The second-order valence-electron chi connectivity index (χ2n) is 3.30. The molecule has 1 N–H and O–H groups in total. The third kappa shape index (κ3) is 4.60. The third-order valence-electron chi connectivity index (χ3n) is 1.77. The van der Waals surface area contributed by atoms with Crippen molar-refractivity contribution in [3.05, 3.63) is 30.1 Å². The van der Waals surface area contributed by atoms with Gasteiger partial charge in [-0.2, -0.15) is 0 Å². The van der Waals surface area contributed by atoms with E-state index in [0.717, 1.165) is 25.3 Å². The normalized spacial score (nSPS) is 10.7. The Morgan fingerprint density at radius 3 is 2.85 bits per heavy atom. The monoisotopic (exact) mass is 179 g/mol. The first-order valence-corrected chi connectivity index (χ1v) is 4.54. The summed E-state index contributed by atoms with van der Waals surface area (Å²) in [6, 6.07) is 5.97. The average Bonchev–Trinajstić information content (AvgIpc) is 2.14. The highest BCUT2D eigenvalue weighted by Gasteiger charge is 1.92. The molecule has 0 aromatic carbocycles. The highest BCUT2D eigenvalue weighted by molar-refractivity contribution is 5.02. The van der Waals surface area contributed by atoms with Crippen LogP contribution < -0.4 is 5.32 Å². The summed E-state index contributed by atoms with van der Waals surface area (Å²) in [7, 11) is 4.14. The Bertz CT molecular complexity index is 221. The molecule has 1 rings (SSSR count). The summed E-state index contributed by atoms with van der Waals surface area (Å²) in [5.74, 6) is 0. The van der Waals surface area contributed by atoms with Crippen LogP contribution in [0.2, 0.25) is 0 Å². The van der Waals surface area contributed by atoms with Crippen molar-refractivity contribution in [2.45, 2.75) is 6.54 Å². The molecule has 1 aromatic rings. The van der Waals surface area contributed by atoms with Crippen LogP contribution in [0, 0.1) is 0 Å². The molecule has 0 radical (unpaired) electrons. The van der Waals surface area contributed by atoms with Crippen LogP contribution in [0.3, 0.4) is 0 Å². The van der Waals surface area contributed by atoms with E-state index in [0.29, 0.717) is 0 Å². The van der Waals surface area contributed by atoms with Crippen LogP contribution in [0.4, 0.5) is 0 Å². The molecule has 0 bridgehead atoms. The van der Waals surface area contributed by atoms with Gasteiger partial charge < -0.3 is 10.2 Å². The number of hydrogen-bond acceptors (Lipinski definition) is 3. The van der Waals surface area contributed by atoms with Gasteiger partial charge in [-0.05, 0) is 26.2 Å². The van der Waals surface area contributed by atoms with Crippen molar-refractivity contribution in [2.24, 2.45) is 0 Å². The molecule has 0 saturated heterocycles. The number of hydrogen-bond donors (Lipinski definition) is 1. The number of nitrogens with one attached hydrogen (secondary N) is 1. The second-order valence-corrected chi connectivity index (χ2v) is 3.30. The standard InChI is InChI=1S/C10H17N3/c1-13(2)8-7-11-9-10-5-3-4-6-12-10/h3-6,11H,7-9H2,1-2H3. The summed E-state index contributed by atoms with van der Waals surface area (Å²) in [5, 5.41) is 3.33. The quantitative estimate of drug-likeness (QED) is 0.675. The summed E-state index contributed by atoms with van der Waals surface area (Å²) < 4.78 is 0. The van der Waals surface area contributed by atoms with E-state index in [4.69, 9.17) is 0 Å². The second kappa shape index (κ2) is 5.67. The lowest BCUT2D eigenvalue weighted by atomic mass is 10.3. The lowest BCUT2D eigenvalue weighted by molar-refractivity contribution is 0.399. The lowest BCUT2D eigenvalue weighted by Crippen LogP contribution is -2.26. The molecule has 13 heavy (non-hydrogen) atoms. The number of nitrogens with zero attached hydrogens (tertiary/aromatic N) is 2. The van der Waals surface area contributed by atoms with Crippen LogP contribution in [-0.2, 0) is 6.54 Å². The van der Waals surface area contributed by atoms with Gasteiger partial charge in [0.25, 0.3) is 0 Å². The highest BCUT2D eigenvalue weighted by Crippen LogP contribution is 1.91. The van der Waals surface area contributed by atoms with Crippen molar-refractivity contribution in [2.75, 3.05) is 27.2 Å². The SMILES string of the molecule is CN(C)CCNCc1ccccn1. The molecule has 0 aliphatic heterocycles. The summed E-state index contributed by atoms with van der Waals surface area (Å²) in [6.45, 7) is 2.92. The first kappa shape index (κ1) is 10.2. The molecule has 0 unspecified atom stereocenters. The maximum absolute atomic E-state index is 4.22. The van der Waals surface area contributed by atoms with Crippen LogP contribution in [0.25, 0.3) is 0 Å². The van der Waals surface area contributed by atoms with Crippen LogP contribution in [-0.4, -0.2) is 37.1 Å². The molecule has 3 nitrogen and oxygen atoms in total. The fourth-order valence-corrected chi connectivity index (χ4v) is 1.02. The van der Waals surface area contributed by atoms with Crippen molar-refractivity contribution >= 4 is 0 Å². The fraction of sp³-hybridized carbons (Fsp3) is 0.500. The van der Waals surface area contributed by atoms with Crippen molar-refractivity contribution in [1.29, 1.82) is 0 Å². The summed E-state index contributed by atoms with van der Waals surface area (Å²) >= 11 is 0. The van der Waals surface area contributed by atoms with E-state index in [1.54, 1.807) is 0 Å². The van der Waals surface area contributed by atoms with E-state index < -0.39 is 0 Å². The predicted octanol–water partition coefficient (Wildman–Crippen LogP) is 0.733. The van der Waals surface area contributed by atoms with E-state index in [1.165, 1.54) is 0 Å². The molecular formula is C10H17N3. The van der Waals surface area contributed by atoms with Crippen molar-refractivity contribution < 1.29 is 0 Å². The zero-order valence-corrected chi connectivity index (χ0v) is 8.33. The lowest BCUT2D eigenvalue weighted by Gasteiger charge is -2.09. The smallest absolute Gasteiger partial charge is 0.0541 e. The Morgan fingerprint density at radius 1 is 1.38 bits per heavy atom. The van der Waals surface area contributed by atoms with Crippen molar-refractivity contribution in [3.63, 3.8) is 0 Å². The van der Waals surface area contributed by atoms with Gasteiger partial charge in [0.1, 0.15) is 0 Å². The van der Waals surface area contributed by atoms with Gasteiger partial charge in [0.05, 0.1) is 5.69 Å². The molecule has 0 aliphatic rings. The summed E-state index contributed by atoms with van der Waals surface area (Å²) in [4.78, 5) is 6.38. The zero-order valence-electron chi connectivity index (χ0n) is 8.33. The van der Waals surface area contributed by atoms with E-state index in [9.17, 15) is 0 Å². The number of rotatable bonds is 5. The minimum atomic E-state index is 0.856. The topological polar surface area (TPSA) is 28.2 Å². The van der Waals surface area contributed by atoms with Gasteiger partial charge in [-0.1, -0.05) is 6.07 Å². The highest BCUT2D eigenvalue weighted by atomic mass is 15.1. The Balaban J connectivity index is 2.13.